The van der Waals surface area contributed by atoms with Crippen molar-refractivity contribution < 1.29 is 9.53 Å². The molecule has 1 amide bonds. The molecule has 1 N–H and O–H groups in total. The van der Waals surface area contributed by atoms with Crippen LogP contribution < -0.4 is 10.1 Å². The van der Waals surface area contributed by atoms with Gasteiger partial charge in [-0.05, 0) is 49.7 Å². The minimum atomic E-state index is -0.645. The molecular weight excluding hydrogens is 354 g/mol. The topological polar surface area (TPSA) is 38.3 Å². The van der Waals surface area contributed by atoms with E-state index in [1.807, 2.05) is 37.3 Å². The number of para-hydroxylation sites is 1. The summed E-state index contributed by atoms with van der Waals surface area (Å²) in [5.74, 6) is 0.273. The average molecular weight is 369 g/mol. The third-order valence-corrected chi connectivity index (χ3v) is 3.76. The van der Waals surface area contributed by atoms with Crippen LogP contribution >= 0.6 is 27.5 Å². The van der Waals surface area contributed by atoms with Gasteiger partial charge in [-0.3, -0.25) is 4.79 Å². The molecule has 110 valence electrons. The second kappa shape index (κ2) is 6.96. The number of amides is 1. The first kappa shape index (κ1) is 15.9. The number of halogens is 2. The first-order valence-corrected chi connectivity index (χ1v) is 7.62. The van der Waals surface area contributed by atoms with Gasteiger partial charge in [0.05, 0.1) is 5.02 Å². The van der Waals surface area contributed by atoms with E-state index in [9.17, 15) is 4.79 Å². The maximum atomic E-state index is 12.2. The number of benzene rings is 2. The van der Waals surface area contributed by atoms with Gasteiger partial charge in [0.2, 0.25) is 0 Å². The van der Waals surface area contributed by atoms with Gasteiger partial charge in [-0.15, -0.1) is 0 Å². The van der Waals surface area contributed by atoms with Crippen LogP contribution in [0.3, 0.4) is 0 Å². The molecule has 21 heavy (non-hydrogen) atoms. The van der Waals surface area contributed by atoms with Crippen molar-refractivity contribution in [2.24, 2.45) is 0 Å². The quantitative estimate of drug-likeness (QED) is 0.840. The number of carbonyl (C=O) groups is 1. The second-order valence-electron chi connectivity index (χ2n) is 4.64. The van der Waals surface area contributed by atoms with Crippen LogP contribution in [0.1, 0.15) is 12.5 Å². The number of aryl methyl sites for hydroxylation is 1. The standard InChI is InChI=1S/C16H15BrClNO2/c1-10-9-12(17)7-8-14(10)19-16(20)11(2)21-15-6-4-3-5-13(15)18/h3-9,11H,1-2H3,(H,19,20). The van der Waals surface area contributed by atoms with E-state index in [0.717, 1.165) is 15.7 Å². The van der Waals surface area contributed by atoms with Gasteiger partial charge in [-0.25, -0.2) is 0 Å². The third-order valence-electron chi connectivity index (χ3n) is 2.96. The van der Waals surface area contributed by atoms with Crippen LogP contribution in [0.2, 0.25) is 5.02 Å². The molecule has 2 rings (SSSR count). The number of ether oxygens (including phenoxy) is 1. The largest absolute Gasteiger partial charge is 0.479 e. The van der Waals surface area contributed by atoms with Gasteiger partial charge >= 0.3 is 0 Å². The van der Waals surface area contributed by atoms with Crippen molar-refractivity contribution in [2.75, 3.05) is 5.32 Å². The maximum absolute atomic E-state index is 12.2. The molecule has 0 aliphatic rings. The number of hydrogen-bond donors (Lipinski definition) is 1. The van der Waals surface area contributed by atoms with Crippen LogP contribution in [-0.2, 0) is 4.79 Å². The molecule has 1 unspecified atom stereocenters. The number of rotatable bonds is 4. The summed E-state index contributed by atoms with van der Waals surface area (Å²) in [6.07, 6.45) is -0.645. The van der Waals surface area contributed by atoms with Crippen molar-refractivity contribution >= 4 is 39.1 Å². The zero-order chi connectivity index (χ0) is 15.4. The highest BCUT2D eigenvalue weighted by Crippen LogP contribution is 2.25. The Morgan fingerprint density at radius 1 is 1.29 bits per heavy atom. The zero-order valence-corrected chi connectivity index (χ0v) is 14.0. The van der Waals surface area contributed by atoms with Crippen LogP contribution in [0.25, 0.3) is 0 Å². The molecule has 0 aromatic heterocycles. The van der Waals surface area contributed by atoms with E-state index in [0.29, 0.717) is 10.8 Å². The number of hydrogen-bond acceptors (Lipinski definition) is 2. The highest BCUT2D eigenvalue weighted by molar-refractivity contribution is 9.10. The molecule has 2 aromatic rings. The Kier molecular flexibility index (Phi) is 5.26. The maximum Gasteiger partial charge on any atom is 0.265 e. The Balaban J connectivity index is 2.04. The van der Waals surface area contributed by atoms with E-state index in [1.54, 1.807) is 19.1 Å². The summed E-state index contributed by atoms with van der Waals surface area (Å²) in [5.41, 5.74) is 1.74. The Labute approximate surface area is 137 Å². The SMILES string of the molecule is Cc1cc(Br)ccc1NC(=O)C(C)Oc1ccccc1Cl. The summed E-state index contributed by atoms with van der Waals surface area (Å²) in [7, 11) is 0. The van der Waals surface area contributed by atoms with E-state index in [2.05, 4.69) is 21.2 Å². The van der Waals surface area contributed by atoms with E-state index in [1.165, 1.54) is 0 Å². The number of nitrogens with one attached hydrogen (secondary N) is 1. The van der Waals surface area contributed by atoms with E-state index < -0.39 is 6.10 Å². The van der Waals surface area contributed by atoms with Crippen LogP contribution in [0.15, 0.2) is 46.9 Å². The first-order valence-electron chi connectivity index (χ1n) is 6.45. The summed E-state index contributed by atoms with van der Waals surface area (Å²) >= 11 is 9.41. The van der Waals surface area contributed by atoms with Crippen LogP contribution in [0, 0.1) is 6.92 Å². The molecule has 0 heterocycles. The Hall–Kier alpha value is -1.52. The summed E-state index contributed by atoms with van der Waals surface area (Å²) in [6, 6.07) is 12.7. The lowest BCUT2D eigenvalue weighted by molar-refractivity contribution is -0.122. The smallest absolute Gasteiger partial charge is 0.265 e. The molecule has 0 fully saturated rings. The molecule has 2 aromatic carbocycles. The second-order valence-corrected chi connectivity index (χ2v) is 5.96. The minimum Gasteiger partial charge on any atom is -0.479 e. The molecule has 1 atom stereocenters. The fourth-order valence-electron chi connectivity index (χ4n) is 1.79. The summed E-state index contributed by atoms with van der Waals surface area (Å²) in [5, 5.41) is 3.33. The van der Waals surface area contributed by atoms with Crippen molar-refractivity contribution in [1.29, 1.82) is 0 Å². The minimum absolute atomic E-state index is 0.222. The van der Waals surface area contributed by atoms with Gasteiger partial charge in [-0.2, -0.15) is 0 Å². The zero-order valence-electron chi connectivity index (χ0n) is 11.7. The molecule has 0 aliphatic heterocycles. The lowest BCUT2D eigenvalue weighted by Crippen LogP contribution is -2.30. The van der Waals surface area contributed by atoms with Gasteiger partial charge in [0.15, 0.2) is 6.10 Å². The fraction of sp³-hybridized carbons (Fsp3) is 0.188. The summed E-state index contributed by atoms with van der Waals surface area (Å²) in [4.78, 5) is 12.2. The van der Waals surface area contributed by atoms with E-state index in [4.69, 9.17) is 16.3 Å². The molecule has 0 aliphatic carbocycles. The van der Waals surface area contributed by atoms with Gasteiger partial charge < -0.3 is 10.1 Å². The van der Waals surface area contributed by atoms with Crippen molar-refractivity contribution in [3.63, 3.8) is 0 Å². The van der Waals surface area contributed by atoms with Crippen molar-refractivity contribution in [1.82, 2.24) is 0 Å². The van der Waals surface area contributed by atoms with E-state index >= 15 is 0 Å². The van der Waals surface area contributed by atoms with Crippen molar-refractivity contribution in [3.05, 3.63) is 57.5 Å². The Bertz CT molecular complexity index is 660. The van der Waals surface area contributed by atoms with Crippen LogP contribution in [0.5, 0.6) is 5.75 Å². The lowest BCUT2D eigenvalue weighted by atomic mass is 10.2. The molecule has 0 saturated carbocycles. The summed E-state index contributed by atoms with van der Waals surface area (Å²) < 4.78 is 6.56. The van der Waals surface area contributed by atoms with Crippen molar-refractivity contribution in [3.8, 4) is 5.75 Å². The number of carbonyl (C=O) groups excluding carboxylic acids is 1. The average Bonchev–Trinajstić information content (AvgIpc) is 2.44. The first-order chi connectivity index (χ1) is 9.97. The monoisotopic (exact) mass is 367 g/mol. The van der Waals surface area contributed by atoms with Gasteiger partial charge in [-0.1, -0.05) is 39.7 Å². The predicted molar refractivity (Wildman–Crippen MR) is 89.1 cm³/mol. The molecule has 3 nitrogen and oxygen atoms in total. The fourth-order valence-corrected chi connectivity index (χ4v) is 2.44. The molecule has 5 heteroatoms. The summed E-state index contributed by atoms with van der Waals surface area (Å²) in [6.45, 7) is 3.62. The Morgan fingerprint density at radius 3 is 2.67 bits per heavy atom. The van der Waals surface area contributed by atoms with Gasteiger partial charge in [0, 0.05) is 10.2 Å². The molecular formula is C16H15BrClNO2. The van der Waals surface area contributed by atoms with Crippen LogP contribution in [-0.4, -0.2) is 12.0 Å². The van der Waals surface area contributed by atoms with Crippen LogP contribution in [0.4, 0.5) is 5.69 Å². The molecule has 0 radical (unpaired) electrons. The Morgan fingerprint density at radius 2 is 2.00 bits per heavy atom. The van der Waals surface area contributed by atoms with Crippen molar-refractivity contribution in [2.45, 2.75) is 20.0 Å². The third kappa shape index (κ3) is 4.22. The molecule has 0 bridgehead atoms. The highest BCUT2D eigenvalue weighted by atomic mass is 79.9. The van der Waals surface area contributed by atoms with Gasteiger partial charge in [0.25, 0.3) is 5.91 Å². The lowest BCUT2D eigenvalue weighted by Gasteiger charge is -2.16. The molecule has 0 saturated heterocycles. The normalized spacial score (nSPS) is 11.8. The predicted octanol–water partition coefficient (Wildman–Crippen LogP) is 4.82. The molecule has 0 spiro atoms. The number of anilines is 1. The highest BCUT2D eigenvalue weighted by Gasteiger charge is 2.16. The van der Waals surface area contributed by atoms with E-state index in [-0.39, 0.29) is 5.91 Å². The van der Waals surface area contributed by atoms with Gasteiger partial charge in [0.1, 0.15) is 5.75 Å².